The van der Waals surface area contributed by atoms with Crippen LogP contribution in [0.15, 0.2) is 50.4 Å². The van der Waals surface area contributed by atoms with Gasteiger partial charge in [-0.3, -0.25) is 9.36 Å². The predicted molar refractivity (Wildman–Crippen MR) is 124 cm³/mol. The van der Waals surface area contributed by atoms with E-state index >= 15 is 0 Å². The summed E-state index contributed by atoms with van der Waals surface area (Å²) in [5.41, 5.74) is 3.30. The molecule has 5 aromatic rings. The Labute approximate surface area is 192 Å². The minimum absolute atomic E-state index is 0.0575. The smallest absolute Gasteiger partial charge is 0.262 e. The first-order valence-corrected chi connectivity index (χ1v) is 11.7. The van der Waals surface area contributed by atoms with Crippen LogP contribution < -0.4 is 5.56 Å². The van der Waals surface area contributed by atoms with Crippen LogP contribution in [0.2, 0.25) is 0 Å². The minimum atomic E-state index is -0.0575. The van der Waals surface area contributed by atoms with Crippen LogP contribution in [0.4, 0.5) is 0 Å². The lowest BCUT2D eigenvalue weighted by Gasteiger charge is -2.17. The van der Waals surface area contributed by atoms with E-state index in [1.54, 1.807) is 22.2 Å². The van der Waals surface area contributed by atoms with Gasteiger partial charge in [-0.2, -0.15) is 0 Å². The zero-order valence-electron chi connectivity index (χ0n) is 18.2. The number of benzene rings is 1. The molecule has 33 heavy (non-hydrogen) atoms. The predicted octanol–water partition coefficient (Wildman–Crippen LogP) is 4.64. The standard InChI is InChI=1S/C24H21N5O3S/c1-13-8-9-16-17(10-13)33-23-20(16)24(30)29(12-25-23)11-18-26-27-22(31-18)19-14(2)32-28-21(19)15-6-4-3-5-7-15/h3-7,12-13H,8-11H2,1-2H3. The van der Waals surface area contributed by atoms with Gasteiger partial charge in [0, 0.05) is 10.4 Å². The van der Waals surface area contributed by atoms with Crippen molar-refractivity contribution in [1.82, 2.24) is 24.9 Å². The average Bonchev–Trinajstić information content (AvgIpc) is 3.52. The Hall–Kier alpha value is -3.59. The van der Waals surface area contributed by atoms with E-state index in [1.165, 1.54) is 10.4 Å². The fourth-order valence-electron chi connectivity index (χ4n) is 4.46. The lowest BCUT2D eigenvalue weighted by atomic mass is 9.89. The Morgan fingerprint density at radius 2 is 2.06 bits per heavy atom. The molecule has 1 unspecified atom stereocenters. The number of rotatable bonds is 4. The number of hydrogen-bond donors (Lipinski definition) is 0. The number of fused-ring (bicyclic) bond motifs is 3. The molecule has 166 valence electrons. The van der Waals surface area contributed by atoms with E-state index < -0.39 is 0 Å². The Balaban J connectivity index is 1.35. The van der Waals surface area contributed by atoms with Crippen LogP contribution in [0.25, 0.3) is 32.9 Å². The van der Waals surface area contributed by atoms with Gasteiger partial charge in [-0.15, -0.1) is 21.5 Å². The first kappa shape index (κ1) is 20.0. The zero-order valence-corrected chi connectivity index (χ0v) is 19.1. The molecular weight excluding hydrogens is 438 g/mol. The van der Waals surface area contributed by atoms with Crippen molar-refractivity contribution >= 4 is 21.6 Å². The van der Waals surface area contributed by atoms with Crippen molar-refractivity contribution in [2.24, 2.45) is 5.92 Å². The number of aromatic nitrogens is 5. The van der Waals surface area contributed by atoms with Crippen LogP contribution in [-0.2, 0) is 19.4 Å². The molecule has 4 heterocycles. The van der Waals surface area contributed by atoms with Crippen molar-refractivity contribution in [2.75, 3.05) is 0 Å². The largest absolute Gasteiger partial charge is 0.419 e. The molecule has 0 aliphatic heterocycles. The van der Waals surface area contributed by atoms with Crippen molar-refractivity contribution in [3.8, 4) is 22.7 Å². The third kappa shape index (κ3) is 3.39. The summed E-state index contributed by atoms with van der Waals surface area (Å²) in [7, 11) is 0. The Bertz CT molecular complexity index is 1530. The van der Waals surface area contributed by atoms with Gasteiger partial charge in [0.25, 0.3) is 11.4 Å². The maximum absolute atomic E-state index is 13.3. The molecule has 0 bridgehead atoms. The monoisotopic (exact) mass is 459 g/mol. The molecule has 0 amide bonds. The van der Waals surface area contributed by atoms with Gasteiger partial charge in [-0.25, -0.2) is 4.98 Å². The summed E-state index contributed by atoms with van der Waals surface area (Å²) < 4.78 is 12.9. The second-order valence-electron chi connectivity index (χ2n) is 8.54. The van der Waals surface area contributed by atoms with Gasteiger partial charge < -0.3 is 8.94 Å². The van der Waals surface area contributed by atoms with Gasteiger partial charge in [0.1, 0.15) is 28.4 Å². The molecule has 0 spiro atoms. The fraction of sp³-hybridized carbons (Fsp3) is 0.292. The van der Waals surface area contributed by atoms with Gasteiger partial charge in [0.2, 0.25) is 5.89 Å². The quantitative estimate of drug-likeness (QED) is 0.386. The molecule has 0 N–H and O–H groups in total. The van der Waals surface area contributed by atoms with E-state index in [1.807, 2.05) is 37.3 Å². The first-order valence-electron chi connectivity index (χ1n) is 10.9. The second-order valence-corrected chi connectivity index (χ2v) is 9.62. The molecule has 0 saturated heterocycles. The molecule has 0 radical (unpaired) electrons. The molecular formula is C24H21N5O3S. The average molecular weight is 460 g/mol. The highest BCUT2D eigenvalue weighted by Crippen LogP contribution is 2.36. The van der Waals surface area contributed by atoms with Crippen molar-refractivity contribution in [3.63, 3.8) is 0 Å². The maximum Gasteiger partial charge on any atom is 0.262 e. The number of aryl methyl sites for hydroxylation is 2. The van der Waals surface area contributed by atoms with Crippen LogP contribution >= 0.6 is 11.3 Å². The van der Waals surface area contributed by atoms with E-state index in [0.29, 0.717) is 34.7 Å². The number of nitrogens with zero attached hydrogens (tertiary/aromatic N) is 5. The van der Waals surface area contributed by atoms with Gasteiger partial charge in [-0.05, 0) is 37.7 Å². The summed E-state index contributed by atoms with van der Waals surface area (Å²) in [5, 5.41) is 13.3. The maximum atomic E-state index is 13.3. The zero-order chi connectivity index (χ0) is 22.5. The molecule has 1 aliphatic carbocycles. The summed E-state index contributed by atoms with van der Waals surface area (Å²) in [4.78, 5) is 20.0. The Morgan fingerprint density at radius 1 is 1.21 bits per heavy atom. The lowest BCUT2D eigenvalue weighted by molar-refractivity contribution is 0.399. The molecule has 1 atom stereocenters. The number of thiophene rings is 1. The lowest BCUT2D eigenvalue weighted by Crippen LogP contribution is -2.22. The van der Waals surface area contributed by atoms with Gasteiger partial charge in [0.05, 0.1) is 11.7 Å². The number of hydrogen-bond acceptors (Lipinski definition) is 8. The summed E-state index contributed by atoms with van der Waals surface area (Å²) >= 11 is 1.64. The summed E-state index contributed by atoms with van der Waals surface area (Å²) in [6, 6.07) is 9.69. The molecule has 9 heteroatoms. The molecule has 4 aromatic heterocycles. The third-order valence-electron chi connectivity index (χ3n) is 6.18. The first-order chi connectivity index (χ1) is 16.1. The third-order valence-corrected chi connectivity index (χ3v) is 7.34. The highest BCUT2D eigenvalue weighted by Gasteiger charge is 2.25. The molecule has 0 fully saturated rings. The van der Waals surface area contributed by atoms with Crippen molar-refractivity contribution in [2.45, 2.75) is 39.7 Å². The second kappa shape index (κ2) is 7.77. The molecule has 6 rings (SSSR count). The van der Waals surface area contributed by atoms with Crippen LogP contribution in [0.3, 0.4) is 0 Å². The minimum Gasteiger partial charge on any atom is -0.419 e. The van der Waals surface area contributed by atoms with E-state index in [-0.39, 0.29) is 12.1 Å². The molecule has 1 aliphatic rings. The van der Waals surface area contributed by atoms with E-state index in [4.69, 9.17) is 8.94 Å². The van der Waals surface area contributed by atoms with Crippen LogP contribution in [0.1, 0.15) is 35.4 Å². The summed E-state index contributed by atoms with van der Waals surface area (Å²) in [6.45, 7) is 4.22. The normalized spacial score (nSPS) is 15.8. The Morgan fingerprint density at radius 3 is 2.91 bits per heavy atom. The van der Waals surface area contributed by atoms with Crippen LogP contribution in [0.5, 0.6) is 0 Å². The highest BCUT2D eigenvalue weighted by atomic mass is 32.1. The van der Waals surface area contributed by atoms with Crippen molar-refractivity contribution < 1.29 is 8.94 Å². The van der Waals surface area contributed by atoms with Gasteiger partial charge >= 0.3 is 0 Å². The summed E-state index contributed by atoms with van der Waals surface area (Å²) in [6.07, 6.45) is 4.61. The van der Waals surface area contributed by atoms with E-state index in [9.17, 15) is 4.79 Å². The molecule has 8 nitrogen and oxygen atoms in total. The molecule has 1 aromatic carbocycles. The summed E-state index contributed by atoms with van der Waals surface area (Å²) in [5.74, 6) is 1.87. The highest BCUT2D eigenvalue weighted by molar-refractivity contribution is 7.18. The topological polar surface area (TPSA) is 99.8 Å². The fourth-order valence-corrected chi connectivity index (χ4v) is 5.80. The van der Waals surface area contributed by atoms with Crippen molar-refractivity contribution in [1.29, 1.82) is 0 Å². The van der Waals surface area contributed by atoms with Crippen LogP contribution in [0, 0.1) is 12.8 Å². The van der Waals surface area contributed by atoms with E-state index in [2.05, 4.69) is 27.3 Å². The van der Waals surface area contributed by atoms with Gasteiger partial charge in [0.15, 0.2) is 0 Å². The molecule has 0 saturated carbocycles. The van der Waals surface area contributed by atoms with Gasteiger partial charge in [-0.1, -0.05) is 42.4 Å². The van der Waals surface area contributed by atoms with Crippen molar-refractivity contribution in [3.05, 3.63) is 69.1 Å². The van der Waals surface area contributed by atoms with Crippen LogP contribution in [-0.4, -0.2) is 24.9 Å². The SMILES string of the molecule is Cc1onc(-c2ccccc2)c1-c1nnc(Cn2cnc3sc4c(c3c2=O)CCC(C)C4)o1. The Kier molecular flexibility index (Phi) is 4.72. The van der Waals surface area contributed by atoms with E-state index in [0.717, 1.165) is 35.0 Å².